The van der Waals surface area contributed by atoms with E-state index in [1.807, 2.05) is 18.2 Å². The summed E-state index contributed by atoms with van der Waals surface area (Å²) in [4.78, 5) is 0. The number of hydrogen-bond acceptors (Lipinski definition) is 2. The summed E-state index contributed by atoms with van der Waals surface area (Å²) in [5.74, 6) is 0. The summed E-state index contributed by atoms with van der Waals surface area (Å²) >= 11 is 0. The van der Waals surface area contributed by atoms with Crippen molar-refractivity contribution in [3.63, 3.8) is 0 Å². The molecule has 0 radical (unpaired) electrons. The van der Waals surface area contributed by atoms with Crippen LogP contribution in [0.3, 0.4) is 0 Å². The topological polar surface area (TPSA) is 32.8 Å². The van der Waals surface area contributed by atoms with Gasteiger partial charge in [0.1, 0.15) is 11.7 Å². The minimum atomic E-state index is -0.286. The maximum atomic E-state index is 9.00. The van der Waals surface area contributed by atoms with Crippen LogP contribution in [0.25, 0.3) is 6.08 Å². The lowest BCUT2D eigenvalue weighted by atomic mass is 9.98. The molecule has 1 N–H and O–H groups in total. The van der Waals surface area contributed by atoms with Crippen LogP contribution in [-0.2, 0) is 10.3 Å². The summed E-state index contributed by atoms with van der Waals surface area (Å²) in [6.45, 7) is 0.0959. The first-order chi connectivity index (χ1) is 6.37. The van der Waals surface area contributed by atoms with E-state index in [1.54, 1.807) is 0 Å². The maximum absolute atomic E-state index is 9.00. The lowest BCUT2D eigenvalue weighted by Gasteiger charge is -2.04. The number of epoxide rings is 1. The summed E-state index contributed by atoms with van der Waals surface area (Å²) in [6, 6.07) is 8.14. The first-order valence-corrected chi connectivity index (χ1v) is 4.44. The van der Waals surface area contributed by atoms with Gasteiger partial charge in [0.15, 0.2) is 0 Å². The number of aliphatic hydroxyl groups is 1. The monoisotopic (exact) mass is 174 g/mol. The number of aliphatic hydroxyl groups excluding tert-OH is 1. The van der Waals surface area contributed by atoms with Crippen molar-refractivity contribution in [1.82, 2.24) is 0 Å². The van der Waals surface area contributed by atoms with Crippen molar-refractivity contribution in [2.75, 3.05) is 6.61 Å². The fraction of sp³-hybridized carbons (Fsp3) is 0.273. The summed E-state index contributed by atoms with van der Waals surface area (Å²) in [6.07, 6.45) is 4.07. The van der Waals surface area contributed by atoms with Gasteiger partial charge in [-0.1, -0.05) is 30.3 Å². The molecule has 1 aromatic rings. The highest BCUT2D eigenvalue weighted by Crippen LogP contribution is 2.52. The summed E-state index contributed by atoms with van der Waals surface area (Å²) in [5, 5.41) is 9.00. The summed E-state index contributed by atoms with van der Waals surface area (Å²) < 4.78 is 5.50. The largest absolute Gasteiger partial charge is 0.394 e. The van der Waals surface area contributed by atoms with Gasteiger partial charge in [-0.15, -0.1) is 0 Å². The molecule has 0 unspecified atom stereocenters. The minimum absolute atomic E-state index is 0.0348. The molecule has 1 fully saturated rings. The molecule has 66 valence electrons. The lowest BCUT2D eigenvalue weighted by molar-refractivity contribution is 0.239. The molecule has 2 nitrogen and oxygen atoms in total. The van der Waals surface area contributed by atoms with E-state index in [4.69, 9.17) is 9.84 Å². The van der Waals surface area contributed by atoms with Gasteiger partial charge >= 0.3 is 0 Å². The SMILES string of the molecule is OC[C@H]1O[C@]12C=Cc1ccccc12. The van der Waals surface area contributed by atoms with Crippen LogP contribution >= 0.6 is 0 Å². The van der Waals surface area contributed by atoms with Crippen LogP contribution in [0.15, 0.2) is 30.3 Å². The highest BCUT2D eigenvalue weighted by Gasteiger charge is 2.57. The Morgan fingerprint density at radius 2 is 2.23 bits per heavy atom. The summed E-state index contributed by atoms with van der Waals surface area (Å²) in [5.41, 5.74) is 2.11. The molecule has 1 saturated heterocycles. The third-order valence-corrected chi connectivity index (χ3v) is 2.82. The molecular weight excluding hydrogens is 164 g/mol. The first-order valence-electron chi connectivity index (χ1n) is 4.44. The van der Waals surface area contributed by atoms with Crippen LogP contribution in [0.5, 0.6) is 0 Å². The molecule has 13 heavy (non-hydrogen) atoms. The second-order valence-corrected chi connectivity index (χ2v) is 3.50. The van der Waals surface area contributed by atoms with Crippen molar-refractivity contribution in [2.45, 2.75) is 11.7 Å². The molecule has 1 aromatic carbocycles. The van der Waals surface area contributed by atoms with Crippen LogP contribution in [0.4, 0.5) is 0 Å². The smallest absolute Gasteiger partial charge is 0.141 e. The zero-order valence-electron chi connectivity index (χ0n) is 7.10. The predicted octanol–water partition coefficient (Wildman–Crippen LogP) is 1.30. The first kappa shape index (κ1) is 7.30. The molecule has 0 bridgehead atoms. The van der Waals surface area contributed by atoms with E-state index in [-0.39, 0.29) is 18.3 Å². The van der Waals surface area contributed by atoms with Gasteiger partial charge in [0, 0.05) is 0 Å². The Kier molecular flexibility index (Phi) is 1.25. The van der Waals surface area contributed by atoms with Crippen LogP contribution in [0, 0.1) is 0 Å². The van der Waals surface area contributed by atoms with Crippen LogP contribution in [-0.4, -0.2) is 17.8 Å². The van der Waals surface area contributed by atoms with Crippen molar-refractivity contribution in [2.24, 2.45) is 0 Å². The van der Waals surface area contributed by atoms with Crippen molar-refractivity contribution in [3.8, 4) is 0 Å². The Morgan fingerprint density at radius 1 is 1.38 bits per heavy atom. The zero-order chi connectivity index (χ0) is 8.89. The van der Waals surface area contributed by atoms with E-state index in [9.17, 15) is 0 Å². The van der Waals surface area contributed by atoms with E-state index in [2.05, 4.69) is 18.2 Å². The molecule has 3 rings (SSSR count). The van der Waals surface area contributed by atoms with Crippen molar-refractivity contribution >= 4 is 6.08 Å². The molecule has 1 aliphatic heterocycles. The quantitative estimate of drug-likeness (QED) is 0.651. The average Bonchev–Trinajstić information content (AvgIpc) is 2.78. The van der Waals surface area contributed by atoms with Gasteiger partial charge in [-0.25, -0.2) is 0 Å². The molecule has 2 atom stereocenters. The predicted molar refractivity (Wildman–Crippen MR) is 49.1 cm³/mol. The second-order valence-electron chi connectivity index (χ2n) is 3.50. The molecule has 1 heterocycles. The molecule has 1 spiro atoms. The number of benzene rings is 1. The van der Waals surface area contributed by atoms with E-state index < -0.39 is 0 Å². The molecular formula is C11H10O2. The number of ether oxygens (including phenoxy) is 1. The Labute approximate surface area is 76.5 Å². The van der Waals surface area contributed by atoms with Gasteiger partial charge < -0.3 is 9.84 Å². The Hall–Kier alpha value is -1.12. The lowest BCUT2D eigenvalue weighted by Crippen LogP contribution is -2.09. The van der Waals surface area contributed by atoms with Crippen molar-refractivity contribution in [1.29, 1.82) is 0 Å². The average molecular weight is 174 g/mol. The number of rotatable bonds is 1. The van der Waals surface area contributed by atoms with Crippen molar-refractivity contribution in [3.05, 3.63) is 41.5 Å². The normalized spacial score (nSPS) is 33.8. The van der Waals surface area contributed by atoms with Crippen molar-refractivity contribution < 1.29 is 9.84 Å². The van der Waals surface area contributed by atoms with Gasteiger partial charge in [0.25, 0.3) is 0 Å². The summed E-state index contributed by atoms with van der Waals surface area (Å²) in [7, 11) is 0. The number of hydrogen-bond donors (Lipinski definition) is 1. The molecule has 0 aromatic heterocycles. The van der Waals surface area contributed by atoms with Gasteiger partial charge in [-0.05, 0) is 17.2 Å². The number of fused-ring (bicyclic) bond motifs is 2. The van der Waals surface area contributed by atoms with Gasteiger partial charge in [0.2, 0.25) is 0 Å². The van der Waals surface area contributed by atoms with E-state index >= 15 is 0 Å². The van der Waals surface area contributed by atoms with Gasteiger partial charge in [0.05, 0.1) is 6.61 Å². The molecule has 0 saturated carbocycles. The fourth-order valence-electron chi connectivity index (χ4n) is 2.06. The zero-order valence-corrected chi connectivity index (χ0v) is 7.10. The Morgan fingerprint density at radius 3 is 3.00 bits per heavy atom. The molecule has 1 aliphatic carbocycles. The van der Waals surface area contributed by atoms with Crippen LogP contribution in [0.2, 0.25) is 0 Å². The van der Waals surface area contributed by atoms with E-state index in [1.165, 1.54) is 11.1 Å². The second kappa shape index (κ2) is 2.22. The maximum Gasteiger partial charge on any atom is 0.141 e. The molecule has 2 aliphatic rings. The minimum Gasteiger partial charge on any atom is -0.394 e. The van der Waals surface area contributed by atoms with Crippen LogP contribution in [0.1, 0.15) is 11.1 Å². The highest BCUT2D eigenvalue weighted by molar-refractivity contribution is 5.66. The Bertz CT molecular complexity index is 383. The van der Waals surface area contributed by atoms with E-state index in [0.717, 1.165) is 0 Å². The third-order valence-electron chi connectivity index (χ3n) is 2.82. The van der Waals surface area contributed by atoms with Gasteiger partial charge in [-0.2, -0.15) is 0 Å². The fourth-order valence-corrected chi connectivity index (χ4v) is 2.06. The highest BCUT2D eigenvalue weighted by atomic mass is 16.6. The van der Waals surface area contributed by atoms with Crippen LogP contribution < -0.4 is 0 Å². The van der Waals surface area contributed by atoms with Gasteiger partial charge in [-0.3, -0.25) is 0 Å². The third kappa shape index (κ3) is 0.794. The van der Waals surface area contributed by atoms with E-state index in [0.29, 0.717) is 0 Å². The Balaban J connectivity index is 2.10. The molecule has 0 amide bonds. The molecule has 2 heteroatoms. The standard InChI is InChI=1S/C11H10O2/c12-7-10-11(13-10)6-5-8-3-1-2-4-9(8)11/h1-6,10,12H,7H2/t10-,11+/m1/s1.